The van der Waals surface area contributed by atoms with E-state index in [2.05, 4.69) is 15.5 Å². The third-order valence-corrected chi connectivity index (χ3v) is 4.34. The number of methoxy groups -OCH3 is 1. The van der Waals surface area contributed by atoms with Crippen molar-refractivity contribution < 1.29 is 4.74 Å². The molecule has 0 radical (unpaired) electrons. The molecule has 6 nitrogen and oxygen atoms in total. The molecule has 0 spiro atoms. The molecule has 128 valence electrons. The van der Waals surface area contributed by atoms with Crippen molar-refractivity contribution in [3.8, 4) is 5.75 Å². The maximum Gasteiger partial charge on any atom is 0.227 e. The van der Waals surface area contributed by atoms with Crippen molar-refractivity contribution in [1.82, 2.24) is 15.3 Å². The van der Waals surface area contributed by atoms with E-state index in [1.807, 2.05) is 48.5 Å². The van der Waals surface area contributed by atoms with Gasteiger partial charge in [-0.05, 0) is 36.4 Å². The summed E-state index contributed by atoms with van der Waals surface area (Å²) < 4.78 is 5.22. The average Bonchev–Trinajstić information content (AvgIpc) is 2.69. The van der Waals surface area contributed by atoms with Crippen LogP contribution in [0.25, 0.3) is 10.9 Å². The van der Waals surface area contributed by atoms with Gasteiger partial charge in [0, 0.05) is 37.3 Å². The van der Waals surface area contributed by atoms with Gasteiger partial charge >= 0.3 is 0 Å². The van der Waals surface area contributed by atoms with Gasteiger partial charge in [0.25, 0.3) is 0 Å². The summed E-state index contributed by atoms with van der Waals surface area (Å²) in [5.41, 5.74) is 1.91. The molecule has 0 saturated carbocycles. The number of piperazine rings is 1. The number of anilines is 3. The Morgan fingerprint density at radius 2 is 1.76 bits per heavy atom. The fraction of sp³-hybridized carbons (Fsp3) is 0.263. The Kier molecular flexibility index (Phi) is 4.35. The quantitative estimate of drug-likeness (QED) is 0.764. The van der Waals surface area contributed by atoms with Crippen LogP contribution in [0, 0.1) is 0 Å². The number of hydrogen-bond donors (Lipinski definition) is 2. The maximum absolute atomic E-state index is 5.22. The smallest absolute Gasteiger partial charge is 0.227 e. The van der Waals surface area contributed by atoms with Crippen LogP contribution in [0.4, 0.5) is 17.5 Å². The molecule has 0 atom stereocenters. The highest BCUT2D eigenvalue weighted by Gasteiger charge is 2.16. The van der Waals surface area contributed by atoms with E-state index in [-0.39, 0.29) is 0 Å². The fourth-order valence-corrected chi connectivity index (χ4v) is 2.98. The number of nitrogens with one attached hydrogen (secondary N) is 2. The summed E-state index contributed by atoms with van der Waals surface area (Å²) in [4.78, 5) is 11.8. The van der Waals surface area contributed by atoms with Crippen LogP contribution in [0.2, 0.25) is 0 Å². The van der Waals surface area contributed by atoms with Crippen molar-refractivity contribution in [2.45, 2.75) is 0 Å². The standard InChI is InChI=1S/C19H21N5O/c1-25-15-8-6-14(7-9-15)21-18-16-4-2-3-5-17(16)22-19(23-18)24-12-10-20-11-13-24/h2-9,20H,10-13H2,1H3,(H,21,22,23). The van der Waals surface area contributed by atoms with Gasteiger partial charge in [-0.1, -0.05) is 12.1 Å². The molecule has 4 rings (SSSR count). The Hall–Kier alpha value is -2.86. The first kappa shape index (κ1) is 15.7. The van der Waals surface area contributed by atoms with Crippen LogP contribution in [-0.4, -0.2) is 43.3 Å². The van der Waals surface area contributed by atoms with Gasteiger partial charge in [0.1, 0.15) is 11.6 Å². The monoisotopic (exact) mass is 335 g/mol. The first-order valence-corrected chi connectivity index (χ1v) is 8.47. The van der Waals surface area contributed by atoms with Gasteiger partial charge in [-0.2, -0.15) is 4.98 Å². The van der Waals surface area contributed by atoms with Gasteiger partial charge in [-0.3, -0.25) is 0 Å². The molecular formula is C19H21N5O. The second-order valence-electron chi connectivity index (χ2n) is 5.98. The number of ether oxygens (including phenoxy) is 1. The third-order valence-electron chi connectivity index (χ3n) is 4.34. The van der Waals surface area contributed by atoms with Gasteiger partial charge in [0.15, 0.2) is 0 Å². The molecule has 2 aromatic carbocycles. The Morgan fingerprint density at radius 1 is 1.00 bits per heavy atom. The second-order valence-corrected chi connectivity index (χ2v) is 5.98. The van der Waals surface area contributed by atoms with Crippen LogP contribution in [0.5, 0.6) is 5.75 Å². The van der Waals surface area contributed by atoms with Crippen LogP contribution in [0.15, 0.2) is 48.5 Å². The Labute approximate surface area is 146 Å². The van der Waals surface area contributed by atoms with Gasteiger partial charge < -0.3 is 20.3 Å². The molecule has 0 bridgehead atoms. The molecule has 0 amide bonds. The highest BCUT2D eigenvalue weighted by molar-refractivity contribution is 5.91. The zero-order valence-corrected chi connectivity index (χ0v) is 14.2. The van der Waals surface area contributed by atoms with Crippen molar-refractivity contribution in [3.05, 3.63) is 48.5 Å². The summed E-state index contributed by atoms with van der Waals surface area (Å²) in [5, 5.41) is 7.80. The van der Waals surface area contributed by atoms with Gasteiger partial charge in [0.05, 0.1) is 12.6 Å². The first-order valence-electron chi connectivity index (χ1n) is 8.47. The Bertz CT molecular complexity index is 859. The molecule has 6 heteroatoms. The molecule has 1 aliphatic rings. The highest BCUT2D eigenvalue weighted by Crippen LogP contribution is 2.27. The summed E-state index contributed by atoms with van der Waals surface area (Å²) in [6.07, 6.45) is 0. The van der Waals surface area contributed by atoms with Crippen molar-refractivity contribution >= 4 is 28.4 Å². The zero-order chi connectivity index (χ0) is 17.1. The van der Waals surface area contributed by atoms with Crippen molar-refractivity contribution in [1.29, 1.82) is 0 Å². The van der Waals surface area contributed by atoms with Crippen LogP contribution in [0.3, 0.4) is 0 Å². The normalized spacial score (nSPS) is 14.5. The minimum Gasteiger partial charge on any atom is -0.497 e. The van der Waals surface area contributed by atoms with Crippen LogP contribution >= 0.6 is 0 Å². The largest absolute Gasteiger partial charge is 0.497 e. The zero-order valence-electron chi connectivity index (χ0n) is 14.2. The van der Waals surface area contributed by atoms with Gasteiger partial charge in [0.2, 0.25) is 5.95 Å². The highest BCUT2D eigenvalue weighted by atomic mass is 16.5. The molecule has 1 aliphatic heterocycles. The predicted octanol–water partition coefficient (Wildman–Crippen LogP) is 2.79. The lowest BCUT2D eigenvalue weighted by atomic mass is 10.2. The topological polar surface area (TPSA) is 62.3 Å². The van der Waals surface area contributed by atoms with E-state index in [1.165, 1.54) is 0 Å². The van der Waals surface area contributed by atoms with Crippen LogP contribution in [0.1, 0.15) is 0 Å². The molecule has 0 unspecified atom stereocenters. The summed E-state index contributed by atoms with van der Waals surface area (Å²) in [6.45, 7) is 3.75. The molecule has 2 heterocycles. The van der Waals surface area contributed by atoms with E-state index < -0.39 is 0 Å². The number of para-hydroxylation sites is 1. The van der Waals surface area contributed by atoms with E-state index in [9.17, 15) is 0 Å². The SMILES string of the molecule is COc1ccc(Nc2nc(N3CCNCC3)nc3ccccc23)cc1. The predicted molar refractivity (Wildman–Crippen MR) is 101 cm³/mol. The molecule has 1 saturated heterocycles. The van der Waals surface area contributed by atoms with Gasteiger partial charge in [-0.15, -0.1) is 0 Å². The van der Waals surface area contributed by atoms with Gasteiger partial charge in [-0.25, -0.2) is 4.98 Å². The lowest BCUT2D eigenvalue weighted by molar-refractivity contribution is 0.415. The van der Waals surface area contributed by atoms with Crippen LogP contribution in [-0.2, 0) is 0 Å². The second kappa shape index (κ2) is 6.94. The number of nitrogens with zero attached hydrogens (tertiary/aromatic N) is 3. The number of benzene rings is 2. The maximum atomic E-state index is 5.22. The third kappa shape index (κ3) is 3.34. The average molecular weight is 335 g/mol. The first-order chi connectivity index (χ1) is 12.3. The minimum atomic E-state index is 0.774. The van der Waals surface area contributed by atoms with E-state index in [0.29, 0.717) is 0 Å². The molecule has 1 fully saturated rings. The molecule has 2 N–H and O–H groups in total. The van der Waals surface area contributed by atoms with Crippen molar-refractivity contribution in [2.75, 3.05) is 43.5 Å². The molecule has 25 heavy (non-hydrogen) atoms. The summed E-state index contributed by atoms with van der Waals surface area (Å²) in [5.74, 6) is 2.43. The fourth-order valence-electron chi connectivity index (χ4n) is 2.98. The molecule has 0 aliphatic carbocycles. The van der Waals surface area contributed by atoms with Crippen molar-refractivity contribution in [2.24, 2.45) is 0 Å². The minimum absolute atomic E-state index is 0.774. The lowest BCUT2D eigenvalue weighted by Crippen LogP contribution is -2.44. The molecule has 1 aromatic heterocycles. The Balaban J connectivity index is 1.72. The number of fused-ring (bicyclic) bond motifs is 1. The van der Waals surface area contributed by atoms with E-state index in [1.54, 1.807) is 7.11 Å². The number of rotatable bonds is 4. The van der Waals surface area contributed by atoms with E-state index in [4.69, 9.17) is 14.7 Å². The summed E-state index contributed by atoms with van der Waals surface area (Å²) in [6, 6.07) is 15.9. The lowest BCUT2D eigenvalue weighted by Gasteiger charge is -2.28. The molecular weight excluding hydrogens is 314 g/mol. The number of aromatic nitrogens is 2. The van der Waals surface area contributed by atoms with Crippen LogP contribution < -0.4 is 20.3 Å². The summed E-state index contributed by atoms with van der Waals surface area (Å²) >= 11 is 0. The molecule has 3 aromatic rings. The number of hydrogen-bond acceptors (Lipinski definition) is 6. The van der Waals surface area contributed by atoms with E-state index >= 15 is 0 Å². The summed E-state index contributed by atoms with van der Waals surface area (Å²) in [7, 11) is 1.67. The Morgan fingerprint density at radius 3 is 2.52 bits per heavy atom. The van der Waals surface area contributed by atoms with E-state index in [0.717, 1.165) is 60.3 Å². The van der Waals surface area contributed by atoms with Crippen molar-refractivity contribution in [3.63, 3.8) is 0 Å².